The molecule has 0 aliphatic carbocycles. The van der Waals surface area contributed by atoms with Crippen LogP contribution in [0, 0.1) is 5.82 Å². The average Bonchev–Trinajstić information content (AvgIpc) is 2.46. The predicted octanol–water partition coefficient (Wildman–Crippen LogP) is 4.12. The van der Waals surface area contributed by atoms with E-state index in [9.17, 15) is 14.3 Å². The molecule has 0 spiro atoms. The highest BCUT2D eigenvalue weighted by Crippen LogP contribution is 2.25. The maximum Gasteiger partial charge on any atom is 0.311 e. The van der Waals surface area contributed by atoms with Crippen molar-refractivity contribution in [3.05, 3.63) is 64.9 Å². The molecule has 21 heavy (non-hydrogen) atoms. The highest BCUT2D eigenvalue weighted by Gasteiger charge is 2.20. The van der Waals surface area contributed by atoms with E-state index in [4.69, 9.17) is 16.3 Å². The van der Waals surface area contributed by atoms with Gasteiger partial charge in [-0.1, -0.05) is 35.9 Å². The molecule has 110 valence electrons. The molecule has 0 amide bonds. The van der Waals surface area contributed by atoms with Crippen LogP contribution in [0.15, 0.2) is 48.5 Å². The molecule has 0 heterocycles. The Kier molecular flexibility index (Phi) is 5.17. The normalized spacial score (nSPS) is 11.9. The van der Waals surface area contributed by atoms with Gasteiger partial charge >= 0.3 is 5.97 Å². The summed E-state index contributed by atoms with van der Waals surface area (Å²) in [5.74, 6) is -1.59. The number of aliphatic carboxylic acids is 1. The van der Waals surface area contributed by atoms with Crippen LogP contribution in [0.2, 0.25) is 5.02 Å². The van der Waals surface area contributed by atoms with Crippen LogP contribution in [-0.4, -0.2) is 17.7 Å². The van der Waals surface area contributed by atoms with Gasteiger partial charge < -0.3 is 9.84 Å². The summed E-state index contributed by atoms with van der Waals surface area (Å²) in [5, 5.41) is 9.75. The Balaban J connectivity index is 2.00. The fourth-order valence-electron chi connectivity index (χ4n) is 1.98. The summed E-state index contributed by atoms with van der Waals surface area (Å²) < 4.78 is 18.4. The predicted molar refractivity (Wildman–Crippen MR) is 78.3 cm³/mol. The molecule has 0 saturated heterocycles. The van der Waals surface area contributed by atoms with Gasteiger partial charge in [-0.2, -0.15) is 0 Å². The summed E-state index contributed by atoms with van der Waals surface area (Å²) in [7, 11) is 0. The number of rotatable bonds is 6. The minimum Gasteiger partial charge on any atom is -0.492 e. The third kappa shape index (κ3) is 4.20. The summed E-state index contributed by atoms with van der Waals surface area (Å²) >= 11 is 5.95. The van der Waals surface area contributed by atoms with Crippen LogP contribution in [0.25, 0.3) is 0 Å². The molecule has 0 bridgehead atoms. The molecule has 1 N–H and O–H groups in total. The Hall–Kier alpha value is -2.07. The zero-order valence-corrected chi connectivity index (χ0v) is 11.9. The number of carbonyl (C=O) groups is 1. The smallest absolute Gasteiger partial charge is 0.311 e. The molecular formula is C16H14ClFO3. The standard InChI is InChI=1S/C16H14ClFO3/c17-14-3-1-2-4-15(14)21-10-9-13(16(19)20)11-5-7-12(18)8-6-11/h1-8,13H,9-10H2,(H,19,20). The van der Waals surface area contributed by atoms with E-state index >= 15 is 0 Å². The third-order valence-electron chi connectivity index (χ3n) is 3.07. The number of benzene rings is 2. The summed E-state index contributed by atoms with van der Waals surface area (Å²) in [4.78, 5) is 11.3. The number of hydrogen-bond acceptors (Lipinski definition) is 2. The first-order chi connectivity index (χ1) is 10.1. The molecule has 5 heteroatoms. The van der Waals surface area contributed by atoms with E-state index in [2.05, 4.69) is 0 Å². The zero-order valence-electron chi connectivity index (χ0n) is 11.1. The van der Waals surface area contributed by atoms with Crippen LogP contribution in [0.5, 0.6) is 5.75 Å². The van der Waals surface area contributed by atoms with Gasteiger partial charge in [0.1, 0.15) is 11.6 Å². The topological polar surface area (TPSA) is 46.5 Å². The lowest BCUT2D eigenvalue weighted by molar-refractivity contribution is -0.139. The summed E-state index contributed by atoms with van der Waals surface area (Å²) in [6, 6.07) is 12.4. The van der Waals surface area contributed by atoms with Crippen molar-refractivity contribution in [3.63, 3.8) is 0 Å². The van der Waals surface area contributed by atoms with Crippen molar-refractivity contribution in [1.29, 1.82) is 0 Å². The van der Waals surface area contributed by atoms with Crippen molar-refractivity contribution in [2.24, 2.45) is 0 Å². The fourth-order valence-corrected chi connectivity index (χ4v) is 2.17. The molecule has 2 aromatic carbocycles. The van der Waals surface area contributed by atoms with Gasteiger partial charge in [0, 0.05) is 0 Å². The van der Waals surface area contributed by atoms with E-state index in [0.717, 1.165) is 0 Å². The minimum absolute atomic E-state index is 0.206. The van der Waals surface area contributed by atoms with Gasteiger partial charge in [-0.3, -0.25) is 4.79 Å². The lowest BCUT2D eigenvalue weighted by Crippen LogP contribution is -2.15. The molecule has 0 aliphatic rings. The van der Waals surface area contributed by atoms with E-state index < -0.39 is 17.7 Å². The summed E-state index contributed by atoms with van der Waals surface area (Å²) in [6.07, 6.45) is 0.270. The lowest BCUT2D eigenvalue weighted by Gasteiger charge is -2.14. The SMILES string of the molecule is O=C(O)C(CCOc1ccccc1Cl)c1ccc(F)cc1. The van der Waals surface area contributed by atoms with E-state index in [1.165, 1.54) is 24.3 Å². The molecule has 0 aliphatic heterocycles. The molecule has 0 saturated carbocycles. The Morgan fingerprint density at radius 1 is 1.19 bits per heavy atom. The van der Waals surface area contributed by atoms with Gasteiger partial charge in [0.2, 0.25) is 0 Å². The number of ether oxygens (including phenoxy) is 1. The highest BCUT2D eigenvalue weighted by atomic mass is 35.5. The highest BCUT2D eigenvalue weighted by molar-refractivity contribution is 6.32. The van der Waals surface area contributed by atoms with Crippen LogP contribution in [-0.2, 0) is 4.79 Å². The van der Waals surface area contributed by atoms with Crippen LogP contribution < -0.4 is 4.74 Å². The number of para-hydroxylation sites is 1. The second-order valence-electron chi connectivity index (χ2n) is 4.51. The molecule has 0 radical (unpaired) electrons. The van der Waals surface area contributed by atoms with E-state index in [0.29, 0.717) is 16.3 Å². The second kappa shape index (κ2) is 7.09. The van der Waals surface area contributed by atoms with E-state index in [-0.39, 0.29) is 13.0 Å². The number of carboxylic acid groups (broad SMARTS) is 1. The molecule has 3 nitrogen and oxygen atoms in total. The molecule has 0 aromatic heterocycles. The Morgan fingerprint density at radius 3 is 2.48 bits per heavy atom. The lowest BCUT2D eigenvalue weighted by atomic mass is 9.96. The van der Waals surface area contributed by atoms with Crippen LogP contribution in [0.3, 0.4) is 0 Å². The Bertz CT molecular complexity index is 613. The largest absolute Gasteiger partial charge is 0.492 e. The summed E-state index contributed by atoms with van der Waals surface area (Å²) in [6.45, 7) is 0.206. The average molecular weight is 309 g/mol. The van der Waals surface area contributed by atoms with Crippen molar-refractivity contribution in [1.82, 2.24) is 0 Å². The van der Waals surface area contributed by atoms with Crippen molar-refractivity contribution < 1.29 is 19.0 Å². The Morgan fingerprint density at radius 2 is 1.86 bits per heavy atom. The minimum atomic E-state index is -0.968. The quantitative estimate of drug-likeness (QED) is 0.873. The van der Waals surface area contributed by atoms with Gasteiger partial charge in [0.25, 0.3) is 0 Å². The van der Waals surface area contributed by atoms with Crippen LogP contribution in [0.1, 0.15) is 17.9 Å². The van der Waals surface area contributed by atoms with Gasteiger partial charge in [-0.15, -0.1) is 0 Å². The molecular weight excluding hydrogens is 295 g/mol. The van der Waals surface area contributed by atoms with E-state index in [1.807, 2.05) is 0 Å². The van der Waals surface area contributed by atoms with Crippen LogP contribution in [0.4, 0.5) is 4.39 Å². The zero-order chi connectivity index (χ0) is 15.2. The monoisotopic (exact) mass is 308 g/mol. The second-order valence-corrected chi connectivity index (χ2v) is 4.92. The van der Waals surface area contributed by atoms with Crippen molar-refractivity contribution in [2.75, 3.05) is 6.61 Å². The van der Waals surface area contributed by atoms with E-state index in [1.54, 1.807) is 24.3 Å². The number of hydrogen-bond donors (Lipinski definition) is 1. The molecule has 1 atom stereocenters. The van der Waals surface area contributed by atoms with Crippen molar-refractivity contribution >= 4 is 17.6 Å². The fraction of sp³-hybridized carbons (Fsp3) is 0.188. The summed E-state index contributed by atoms with van der Waals surface area (Å²) in [5.41, 5.74) is 0.548. The Labute approximate surface area is 126 Å². The maximum absolute atomic E-state index is 12.9. The van der Waals surface area contributed by atoms with Gasteiger partial charge in [-0.25, -0.2) is 4.39 Å². The van der Waals surface area contributed by atoms with Crippen LogP contribution >= 0.6 is 11.6 Å². The number of carboxylic acids is 1. The van der Waals surface area contributed by atoms with Gasteiger partial charge in [0.15, 0.2) is 0 Å². The first kappa shape index (κ1) is 15.3. The first-order valence-corrected chi connectivity index (χ1v) is 6.81. The molecule has 2 rings (SSSR count). The van der Waals surface area contributed by atoms with Crippen molar-refractivity contribution in [3.8, 4) is 5.75 Å². The van der Waals surface area contributed by atoms with Gasteiger partial charge in [-0.05, 0) is 36.2 Å². The molecule has 0 fully saturated rings. The van der Waals surface area contributed by atoms with Crippen molar-refractivity contribution in [2.45, 2.75) is 12.3 Å². The third-order valence-corrected chi connectivity index (χ3v) is 3.38. The molecule has 1 unspecified atom stereocenters. The maximum atomic E-state index is 12.9. The first-order valence-electron chi connectivity index (χ1n) is 6.43. The number of halogens is 2. The van der Waals surface area contributed by atoms with Gasteiger partial charge in [0.05, 0.1) is 17.5 Å². The molecule has 2 aromatic rings.